The van der Waals surface area contributed by atoms with Crippen molar-refractivity contribution in [2.45, 2.75) is 73.9 Å². The monoisotopic (exact) mass is 384 g/mol. The average molecular weight is 384 g/mol. The topological polar surface area (TPSA) is 0 Å². The molecule has 2 aliphatic rings. The van der Waals surface area contributed by atoms with Gasteiger partial charge < -0.3 is 0 Å². The predicted octanol–water partition coefficient (Wildman–Crippen LogP) is 8.07. The average Bonchev–Trinajstić information content (AvgIpc) is 2.79. The molecule has 152 valence electrons. The van der Waals surface area contributed by atoms with E-state index in [9.17, 15) is 0 Å². The number of allylic oxidation sites excluding steroid dienone is 14. The molecule has 3 unspecified atom stereocenters. The van der Waals surface area contributed by atoms with E-state index in [1.165, 1.54) is 38.9 Å². The highest BCUT2D eigenvalue weighted by Gasteiger charge is 2.40. The summed E-state index contributed by atoms with van der Waals surface area (Å²) < 4.78 is 0. The van der Waals surface area contributed by atoms with Crippen LogP contribution in [0.1, 0.15) is 62.3 Å². The van der Waals surface area contributed by atoms with Gasteiger partial charge in [-0.2, -0.15) is 0 Å². The number of hydrogen-bond donors (Lipinski definition) is 0. The van der Waals surface area contributed by atoms with E-state index in [1.54, 1.807) is 0 Å². The summed E-state index contributed by atoms with van der Waals surface area (Å²) in [5.74, 6) is 8.12. The second kappa shape index (κ2) is 10.0. The van der Waals surface area contributed by atoms with Crippen molar-refractivity contribution in [3.8, 4) is 11.8 Å². The molecule has 2 rings (SSSR count). The summed E-state index contributed by atoms with van der Waals surface area (Å²) in [6, 6.07) is 0. The highest BCUT2D eigenvalue weighted by Crippen LogP contribution is 2.45. The minimum absolute atomic E-state index is 0.215. The van der Waals surface area contributed by atoms with Crippen LogP contribution < -0.4 is 0 Å². The third-order valence-corrected chi connectivity index (χ3v) is 6.33. The van der Waals surface area contributed by atoms with Gasteiger partial charge >= 0.3 is 0 Å². The predicted molar refractivity (Wildman–Crippen MR) is 132 cm³/mol. The van der Waals surface area contributed by atoms with Gasteiger partial charge in [0.15, 0.2) is 0 Å². The highest BCUT2D eigenvalue weighted by molar-refractivity contribution is 6.73. The Balaban J connectivity index is 2.66. The summed E-state index contributed by atoms with van der Waals surface area (Å²) >= 11 is 0. The summed E-state index contributed by atoms with van der Waals surface area (Å²) in [7, 11) is 0. The van der Waals surface area contributed by atoms with Crippen LogP contribution in [0.2, 0.25) is 11.6 Å². The van der Waals surface area contributed by atoms with Crippen LogP contribution in [0.25, 0.3) is 0 Å². The lowest BCUT2D eigenvalue weighted by Crippen LogP contribution is -2.35. The van der Waals surface area contributed by atoms with E-state index < -0.39 is 0 Å². The third-order valence-electron chi connectivity index (χ3n) is 6.33. The molecule has 0 N–H and O–H groups in total. The minimum Gasteiger partial charge on any atom is -0.0985 e. The molecule has 0 saturated carbocycles. The quantitative estimate of drug-likeness (QED) is 0.255. The first-order valence-electron chi connectivity index (χ1n) is 10.9. The zero-order valence-electron chi connectivity index (χ0n) is 19.9. The summed E-state index contributed by atoms with van der Waals surface area (Å²) in [6.07, 6.45) is 16.0. The molecule has 0 aromatic carbocycles. The molecular formula is C28H37B. The van der Waals surface area contributed by atoms with Crippen LogP contribution >= 0.6 is 0 Å². The molecule has 0 aliphatic heterocycles. The van der Waals surface area contributed by atoms with Gasteiger partial charge in [-0.25, -0.2) is 0 Å². The van der Waals surface area contributed by atoms with E-state index >= 15 is 0 Å². The van der Waals surface area contributed by atoms with Crippen LogP contribution in [-0.2, 0) is 0 Å². The summed E-state index contributed by atoms with van der Waals surface area (Å²) in [4.78, 5) is 0. The maximum atomic E-state index is 3.62. The summed E-state index contributed by atoms with van der Waals surface area (Å²) in [6.45, 7) is 20.4. The Kier molecular flexibility index (Phi) is 7.98. The molecule has 0 bridgehead atoms. The van der Waals surface area contributed by atoms with Crippen molar-refractivity contribution in [2.24, 2.45) is 5.92 Å². The Bertz CT molecular complexity index is 915. The zero-order valence-corrected chi connectivity index (χ0v) is 19.9. The van der Waals surface area contributed by atoms with Crippen molar-refractivity contribution in [1.29, 1.82) is 0 Å². The standard InChI is InChI=1S/C28H37B/c1-10-19(3)15-22(6)26(11-2)29(27-14-12-13-20(4)16-23(27)7)28-24(8)17-21(5)18-25(28)9/h10-11,13,15-18,24,27-28H,1-9H3/b19-10-,22-15-,26-11?. The SMILES string of the molecule is CC=C(B(C1C#CC=C(C)C=C1C)C1C(C)=CC(C)=CC1C)/C(C)=C\C(C)=C/C. The largest absolute Gasteiger partial charge is 0.205 e. The third kappa shape index (κ3) is 5.45. The normalized spacial score (nSPS) is 25.8. The molecule has 0 fully saturated rings. The Morgan fingerprint density at radius 1 is 0.966 bits per heavy atom. The fourth-order valence-corrected chi connectivity index (χ4v) is 5.04. The van der Waals surface area contributed by atoms with Crippen molar-refractivity contribution in [1.82, 2.24) is 0 Å². The minimum atomic E-state index is 0.215. The number of hydrogen-bond acceptors (Lipinski definition) is 0. The van der Waals surface area contributed by atoms with E-state index in [1.807, 2.05) is 0 Å². The number of rotatable bonds is 5. The van der Waals surface area contributed by atoms with Crippen LogP contribution in [0, 0.1) is 17.8 Å². The molecule has 3 atom stereocenters. The van der Waals surface area contributed by atoms with Crippen molar-refractivity contribution >= 4 is 6.71 Å². The van der Waals surface area contributed by atoms with Crippen molar-refractivity contribution in [3.63, 3.8) is 0 Å². The van der Waals surface area contributed by atoms with Crippen molar-refractivity contribution in [2.75, 3.05) is 0 Å². The molecule has 29 heavy (non-hydrogen) atoms. The van der Waals surface area contributed by atoms with Crippen LogP contribution in [0.3, 0.4) is 0 Å². The molecule has 1 heteroatoms. The fraction of sp³-hybridized carbons (Fsp3) is 0.429. The van der Waals surface area contributed by atoms with E-state index in [-0.39, 0.29) is 5.82 Å². The molecule has 0 saturated heterocycles. The van der Waals surface area contributed by atoms with E-state index in [0.717, 1.165) is 0 Å². The summed E-state index contributed by atoms with van der Waals surface area (Å²) in [5.41, 5.74) is 9.54. The van der Waals surface area contributed by atoms with Gasteiger partial charge in [0.05, 0.1) is 0 Å². The van der Waals surface area contributed by atoms with E-state index in [4.69, 9.17) is 0 Å². The maximum absolute atomic E-state index is 3.62. The molecule has 2 aliphatic carbocycles. The molecule has 0 nitrogen and oxygen atoms in total. The molecule has 0 heterocycles. The molecule has 0 aromatic heterocycles. The van der Waals surface area contributed by atoms with Gasteiger partial charge in [-0.15, -0.1) is 0 Å². The maximum Gasteiger partial charge on any atom is 0.205 e. The lowest BCUT2D eigenvalue weighted by Gasteiger charge is -2.37. The molecule has 0 spiro atoms. The van der Waals surface area contributed by atoms with Gasteiger partial charge in [0, 0.05) is 5.82 Å². The van der Waals surface area contributed by atoms with Gasteiger partial charge in [0.2, 0.25) is 6.71 Å². The lowest BCUT2D eigenvalue weighted by atomic mass is 9.25. The van der Waals surface area contributed by atoms with Gasteiger partial charge in [0.25, 0.3) is 0 Å². The lowest BCUT2D eigenvalue weighted by molar-refractivity contribution is 0.680. The zero-order chi connectivity index (χ0) is 21.7. The van der Waals surface area contributed by atoms with Gasteiger partial charge in [-0.3, -0.25) is 0 Å². The highest BCUT2D eigenvalue weighted by atomic mass is 14.2. The second-order valence-electron chi connectivity index (χ2n) is 8.86. The van der Waals surface area contributed by atoms with Crippen LogP contribution in [0.5, 0.6) is 0 Å². The first-order chi connectivity index (χ1) is 13.7. The summed E-state index contributed by atoms with van der Waals surface area (Å²) in [5, 5.41) is 0. The Hall–Kier alpha value is -2.20. The van der Waals surface area contributed by atoms with Crippen LogP contribution in [0.15, 0.2) is 81.4 Å². The molecule has 0 radical (unpaired) electrons. The Morgan fingerprint density at radius 3 is 2.21 bits per heavy atom. The van der Waals surface area contributed by atoms with Gasteiger partial charge in [0.1, 0.15) is 0 Å². The van der Waals surface area contributed by atoms with Crippen LogP contribution in [-0.4, -0.2) is 6.71 Å². The van der Waals surface area contributed by atoms with E-state index in [2.05, 4.69) is 117 Å². The Labute approximate surface area is 180 Å². The van der Waals surface area contributed by atoms with Crippen molar-refractivity contribution < 1.29 is 0 Å². The fourth-order valence-electron chi connectivity index (χ4n) is 5.04. The molecule has 0 aromatic rings. The van der Waals surface area contributed by atoms with Crippen molar-refractivity contribution in [3.05, 3.63) is 81.4 Å². The van der Waals surface area contributed by atoms with Gasteiger partial charge in [-0.05, 0) is 78.8 Å². The molecule has 0 amide bonds. The first kappa shape index (κ1) is 23.1. The smallest absolute Gasteiger partial charge is 0.0985 e. The Morgan fingerprint density at radius 2 is 1.62 bits per heavy atom. The van der Waals surface area contributed by atoms with Gasteiger partial charge in [-0.1, -0.05) is 88.6 Å². The molecular weight excluding hydrogens is 347 g/mol. The second-order valence-corrected chi connectivity index (χ2v) is 8.86. The van der Waals surface area contributed by atoms with Crippen LogP contribution in [0.4, 0.5) is 0 Å². The van der Waals surface area contributed by atoms with E-state index in [0.29, 0.717) is 18.4 Å². The first-order valence-corrected chi connectivity index (χ1v) is 10.9.